The predicted molar refractivity (Wildman–Crippen MR) is 27.5 cm³/mol. The molecule has 0 saturated carbocycles. The molecule has 1 heterocycles. The van der Waals surface area contributed by atoms with Crippen molar-refractivity contribution in [2.24, 2.45) is 0 Å². The highest BCUT2D eigenvalue weighted by Crippen LogP contribution is 1.96. The molecule has 3 nitrogen and oxygen atoms in total. The van der Waals surface area contributed by atoms with Crippen molar-refractivity contribution < 1.29 is 4.39 Å². The van der Waals surface area contributed by atoms with Crippen LogP contribution >= 0.6 is 15.9 Å². The van der Waals surface area contributed by atoms with Gasteiger partial charge in [-0.25, -0.2) is 0 Å². The Kier molecular flexibility index (Phi) is 1.48. The normalized spacial score (nSPS) is 9.25. The number of nitrogens with zero attached hydrogens (tertiary/aromatic N) is 3. The van der Waals surface area contributed by atoms with Crippen LogP contribution in [0.5, 0.6) is 0 Å². The van der Waals surface area contributed by atoms with E-state index in [1.165, 1.54) is 0 Å². The van der Waals surface area contributed by atoms with Crippen molar-refractivity contribution in [3.63, 3.8) is 0 Å². The van der Waals surface area contributed by atoms with Crippen LogP contribution in [0.2, 0.25) is 0 Å². The van der Waals surface area contributed by atoms with E-state index in [1.807, 2.05) is 0 Å². The Labute approximate surface area is 53.1 Å². The maximum Gasteiger partial charge on any atom is 0.235 e. The Balaban J connectivity index is 3.08. The van der Waals surface area contributed by atoms with Gasteiger partial charge in [0.25, 0.3) is 0 Å². The van der Waals surface area contributed by atoms with E-state index in [4.69, 9.17) is 0 Å². The first-order valence-corrected chi connectivity index (χ1v) is 2.59. The number of halogens is 2. The summed E-state index contributed by atoms with van der Waals surface area (Å²) >= 11 is 2.84. The Morgan fingerprint density at radius 2 is 2.38 bits per heavy atom. The molecule has 0 saturated heterocycles. The van der Waals surface area contributed by atoms with E-state index in [0.29, 0.717) is 0 Å². The molecule has 5 heteroatoms. The van der Waals surface area contributed by atoms with Crippen molar-refractivity contribution in [1.29, 1.82) is 0 Å². The average Bonchev–Trinajstić information content (AvgIpc) is 1.64. The van der Waals surface area contributed by atoms with Crippen molar-refractivity contribution in [3.05, 3.63) is 16.9 Å². The minimum Gasteiger partial charge on any atom is -0.190 e. The second kappa shape index (κ2) is 2.13. The lowest BCUT2D eigenvalue weighted by Crippen LogP contribution is -1.88. The standard InChI is InChI=1S/C3HBrFN3/c4-3-7-2(5)1-6-8-3/h1H. The van der Waals surface area contributed by atoms with Crippen molar-refractivity contribution in [3.8, 4) is 0 Å². The summed E-state index contributed by atoms with van der Waals surface area (Å²) in [4.78, 5) is 3.25. The molecule has 1 aromatic heterocycles. The van der Waals surface area contributed by atoms with E-state index < -0.39 is 5.95 Å². The molecule has 0 fully saturated rings. The fourth-order valence-corrected chi connectivity index (χ4v) is 0.524. The zero-order valence-corrected chi connectivity index (χ0v) is 5.26. The van der Waals surface area contributed by atoms with Gasteiger partial charge in [-0.1, -0.05) is 0 Å². The molecule has 0 radical (unpaired) electrons. The van der Waals surface area contributed by atoms with Crippen LogP contribution in [0.4, 0.5) is 4.39 Å². The van der Waals surface area contributed by atoms with Crippen LogP contribution in [-0.2, 0) is 0 Å². The summed E-state index contributed by atoms with van der Waals surface area (Å²) in [6.07, 6.45) is 0.935. The highest BCUT2D eigenvalue weighted by atomic mass is 79.9. The number of hydrogen-bond donors (Lipinski definition) is 0. The topological polar surface area (TPSA) is 38.7 Å². The van der Waals surface area contributed by atoms with Crippen LogP contribution in [0, 0.1) is 5.95 Å². The van der Waals surface area contributed by atoms with Gasteiger partial charge < -0.3 is 0 Å². The molecule has 0 aliphatic heterocycles. The number of aromatic nitrogens is 3. The van der Waals surface area contributed by atoms with Crippen LogP contribution in [0.25, 0.3) is 0 Å². The van der Waals surface area contributed by atoms with Gasteiger partial charge in [-0.3, -0.25) is 0 Å². The summed E-state index contributed by atoms with van der Waals surface area (Å²) in [6.45, 7) is 0. The molecule has 1 rings (SSSR count). The van der Waals surface area contributed by atoms with Crippen molar-refractivity contribution in [2.75, 3.05) is 0 Å². The van der Waals surface area contributed by atoms with Crippen LogP contribution in [-0.4, -0.2) is 15.2 Å². The number of hydrogen-bond acceptors (Lipinski definition) is 3. The molecule has 1 aromatic rings. The molecular formula is C3HBrFN3. The van der Waals surface area contributed by atoms with Crippen molar-refractivity contribution in [2.45, 2.75) is 0 Å². The third-order valence-electron chi connectivity index (χ3n) is 0.504. The summed E-state index contributed by atoms with van der Waals surface area (Å²) in [6, 6.07) is 0. The molecule has 0 spiro atoms. The van der Waals surface area contributed by atoms with Crippen molar-refractivity contribution >= 4 is 15.9 Å². The first-order chi connectivity index (χ1) is 3.79. The number of rotatable bonds is 0. The van der Waals surface area contributed by atoms with Gasteiger partial charge >= 0.3 is 0 Å². The highest BCUT2D eigenvalue weighted by Gasteiger charge is 1.90. The smallest absolute Gasteiger partial charge is 0.190 e. The summed E-state index contributed by atoms with van der Waals surface area (Å²) < 4.78 is 12.1. The van der Waals surface area contributed by atoms with E-state index >= 15 is 0 Å². The predicted octanol–water partition coefficient (Wildman–Crippen LogP) is 0.773. The molecule has 0 unspecified atom stereocenters. The lowest BCUT2D eigenvalue weighted by atomic mass is 10.9. The Hall–Kier alpha value is -0.580. The van der Waals surface area contributed by atoms with Crippen LogP contribution < -0.4 is 0 Å². The third kappa shape index (κ3) is 1.19. The molecule has 0 N–H and O–H groups in total. The molecule has 0 aliphatic carbocycles. The summed E-state index contributed by atoms with van der Waals surface area (Å²) in [5, 5.41) is 6.60. The van der Waals surface area contributed by atoms with Gasteiger partial charge in [0.2, 0.25) is 10.7 Å². The first-order valence-electron chi connectivity index (χ1n) is 1.80. The molecule has 8 heavy (non-hydrogen) atoms. The molecule has 0 aliphatic rings. The minimum absolute atomic E-state index is 0.164. The lowest BCUT2D eigenvalue weighted by molar-refractivity contribution is 0.561. The fourth-order valence-electron chi connectivity index (χ4n) is 0.264. The Morgan fingerprint density at radius 1 is 1.62 bits per heavy atom. The summed E-state index contributed by atoms with van der Waals surface area (Å²) in [5.74, 6) is -0.633. The molecule has 0 aromatic carbocycles. The van der Waals surface area contributed by atoms with E-state index in [9.17, 15) is 4.39 Å². The van der Waals surface area contributed by atoms with Gasteiger partial charge in [-0.2, -0.15) is 14.5 Å². The van der Waals surface area contributed by atoms with Crippen LogP contribution in [0.15, 0.2) is 10.9 Å². The second-order valence-electron chi connectivity index (χ2n) is 1.05. The maximum atomic E-state index is 11.9. The monoisotopic (exact) mass is 177 g/mol. The Bertz CT molecular complexity index is 174. The van der Waals surface area contributed by atoms with Gasteiger partial charge in [-0.05, 0) is 15.9 Å². The molecule has 0 bridgehead atoms. The molecule has 0 atom stereocenters. The first kappa shape index (κ1) is 5.55. The van der Waals surface area contributed by atoms with Gasteiger partial charge in [0, 0.05) is 0 Å². The van der Waals surface area contributed by atoms with Gasteiger partial charge in [-0.15, -0.1) is 5.10 Å². The summed E-state index contributed by atoms with van der Waals surface area (Å²) in [5.41, 5.74) is 0. The zero-order valence-electron chi connectivity index (χ0n) is 3.67. The van der Waals surface area contributed by atoms with Crippen molar-refractivity contribution in [1.82, 2.24) is 15.2 Å². The summed E-state index contributed by atoms with van der Waals surface area (Å²) in [7, 11) is 0. The highest BCUT2D eigenvalue weighted by molar-refractivity contribution is 9.10. The van der Waals surface area contributed by atoms with Crippen LogP contribution in [0.1, 0.15) is 0 Å². The van der Waals surface area contributed by atoms with Crippen LogP contribution in [0.3, 0.4) is 0 Å². The Morgan fingerprint density at radius 3 is 2.75 bits per heavy atom. The zero-order chi connectivity index (χ0) is 5.98. The molecule has 42 valence electrons. The minimum atomic E-state index is -0.633. The second-order valence-corrected chi connectivity index (χ2v) is 1.76. The van der Waals surface area contributed by atoms with Gasteiger partial charge in [0.05, 0.1) is 0 Å². The van der Waals surface area contributed by atoms with E-state index in [0.717, 1.165) is 6.20 Å². The SMILES string of the molecule is Fc1cnnc(Br)n1. The molecule has 0 amide bonds. The van der Waals surface area contributed by atoms with E-state index in [-0.39, 0.29) is 4.73 Å². The lowest BCUT2D eigenvalue weighted by Gasteiger charge is -1.82. The quantitative estimate of drug-likeness (QED) is 0.588. The van der Waals surface area contributed by atoms with Gasteiger partial charge in [0.1, 0.15) is 6.20 Å². The average molecular weight is 178 g/mol. The molecular weight excluding hydrogens is 177 g/mol. The largest absolute Gasteiger partial charge is 0.235 e. The third-order valence-corrected chi connectivity index (χ3v) is 0.840. The fraction of sp³-hybridized carbons (Fsp3) is 0. The van der Waals surface area contributed by atoms with E-state index in [1.54, 1.807) is 0 Å². The van der Waals surface area contributed by atoms with E-state index in [2.05, 4.69) is 31.1 Å². The maximum absolute atomic E-state index is 11.9. The van der Waals surface area contributed by atoms with Gasteiger partial charge in [0.15, 0.2) is 0 Å².